The van der Waals surface area contributed by atoms with Gasteiger partial charge in [-0.05, 0) is 42.0 Å². The SMILES string of the molecule is CCN(Cc1cccs1)C(=O)c1ccc(C(C)C)cc1. The van der Waals surface area contributed by atoms with Crippen LogP contribution in [0, 0.1) is 0 Å². The van der Waals surface area contributed by atoms with Crippen molar-refractivity contribution in [3.63, 3.8) is 0 Å². The minimum Gasteiger partial charge on any atom is -0.334 e. The Balaban J connectivity index is 2.11. The van der Waals surface area contributed by atoms with E-state index in [1.165, 1.54) is 10.4 Å². The third-order valence-corrected chi connectivity index (χ3v) is 4.28. The molecule has 2 aromatic rings. The lowest BCUT2D eigenvalue weighted by atomic mass is 10.0. The first-order chi connectivity index (χ1) is 9.61. The summed E-state index contributed by atoms with van der Waals surface area (Å²) in [5, 5.41) is 2.05. The molecule has 1 heterocycles. The van der Waals surface area contributed by atoms with Gasteiger partial charge in [0.25, 0.3) is 5.91 Å². The first kappa shape index (κ1) is 14.8. The smallest absolute Gasteiger partial charge is 0.254 e. The number of carbonyl (C=O) groups excluding carboxylic acids is 1. The number of hydrogen-bond donors (Lipinski definition) is 0. The van der Waals surface area contributed by atoms with Crippen molar-refractivity contribution in [1.29, 1.82) is 0 Å². The zero-order chi connectivity index (χ0) is 14.5. The average Bonchev–Trinajstić information content (AvgIpc) is 2.97. The molecule has 0 saturated carbocycles. The third kappa shape index (κ3) is 3.48. The minimum absolute atomic E-state index is 0.108. The molecule has 0 aliphatic rings. The first-order valence-corrected chi connectivity index (χ1v) is 7.91. The van der Waals surface area contributed by atoms with Crippen molar-refractivity contribution in [1.82, 2.24) is 4.90 Å². The molecular weight excluding hydrogens is 266 g/mol. The van der Waals surface area contributed by atoms with Crippen molar-refractivity contribution in [2.45, 2.75) is 33.2 Å². The second kappa shape index (κ2) is 6.71. The maximum atomic E-state index is 12.5. The van der Waals surface area contributed by atoms with Gasteiger partial charge < -0.3 is 4.90 Å². The van der Waals surface area contributed by atoms with Crippen LogP contribution in [0.25, 0.3) is 0 Å². The molecule has 0 atom stereocenters. The Morgan fingerprint density at radius 3 is 2.40 bits per heavy atom. The number of hydrogen-bond acceptors (Lipinski definition) is 2. The molecule has 1 aromatic carbocycles. The number of thiophene rings is 1. The average molecular weight is 287 g/mol. The van der Waals surface area contributed by atoms with E-state index in [0.29, 0.717) is 12.5 Å². The lowest BCUT2D eigenvalue weighted by Gasteiger charge is -2.20. The summed E-state index contributed by atoms with van der Waals surface area (Å²) < 4.78 is 0. The molecule has 2 rings (SSSR count). The van der Waals surface area contributed by atoms with Crippen LogP contribution >= 0.6 is 11.3 Å². The quantitative estimate of drug-likeness (QED) is 0.791. The lowest BCUT2D eigenvalue weighted by molar-refractivity contribution is 0.0754. The van der Waals surface area contributed by atoms with Crippen LogP contribution in [0.5, 0.6) is 0 Å². The third-order valence-electron chi connectivity index (χ3n) is 3.42. The monoisotopic (exact) mass is 287 g/mol. The molecule has 0 aliphatic carbocycles. The van der Waals surface area contributed by atoms with Crippen molar-refractivity contribution in [2.24, 2.45) is 0 Å². The summed E-state index contributed by atoms with van der Waals surface area (Å²) in [5.74, 6) is 0.601. The van der Waals surface area contributed by atoms with Gasteiger partial charge in [0, 0.05) is 17.0 Å². The Morgan fingerprint density at radius 1 is 1.20 bits per heavy atom. The van der Waals surface area contributed by atoms with Crippen LogP contribution in [-0.4, -0.2) is 17.4 Å². The molecule has 106 valence electrons. The molecule has 3 heteroatoms. The highest BCUT2D eigenvalue weighted by atomic mass is 32.1. The number of nitrogens with zero attached hydrogens (tertiary/aromatic N) is 1. The van der Waals surface area contributed by atoms with Gasteiger partial charge in [-0.2, -0.15) is 0 Å². The second-order valence-corrected chi connectivity index (χ2v) is 6.21. The van der Waals surface area contributed by atoms with Crippen LogP contribution < -0.4 is 0 Å². The fraction of sp³-hybridized carbons (Fsp3) is 0.353. The minimum atomic E-state index is 0.108. The van der Waals surface area contributed by atoms with Gasteiger partial charge in [-0.15, -0.1) is 11.3 Å². The van der Waals surface area contributed by atoms with Gasteiger partial charge >= 0.3 is 0 Å². The predicted molar refractivity (Wildman–Crippen MR) is 85.3 cm³/mol. The van der Waals surface area contributed by atoms with Gasteiger partial charge in [-0.3, -0.25) is 4.79 Å². The van der Waals surface area contributed by atoms with E-state index < -0.39 is 0 Å². The Labute approximate surface area is 125 Å². The van der Waals surface area contributed by atoms with Crippen molar-refractivity contribution < 1.29 is 4.79 Å². The van der Waals surface area contributed by atoms with E-state index in [0.717, 1.165) is 12.1 Å². The molecule has 20 heavy (non-hydrogen) atoms. The fourth-order valence-corrected chi connectivity index (χ4v) is 2.83. The lowest BCUT2D eigenvalue weighted by Crippen LogP contribution is -2.29. The summed E-state index contributed by atoms with van der Waals surface area (Å²) in [5.41, 5.74) is 2.04. The Morgan fingerprint density at radius 2 is 1.90 bits per heavy atom. The largest absolute Gasteiger partial charge is 0.334 e. The summed E-state index contributed by atoms with van der Waals surface area (Å²) >= 11 is 1.69. The normalized spacial score (nSPS) is 10.8. The molecule has 0 radical (unpaired) electrons. The van der Waals surface area contributed by atoms with Crippen molar-refractivity contribution in [2.75, 3.05) is 6.54 Å². The van der Waals surface area contributed by atoms with Crippen LogP contribution in [0.3, 0.4) is 0 Å². The van der Waals surface area contributed by atoms with Gasteiger partial charge in [0.1, 0.15) is 0 Å². The molecule has 0 unspecified atom stereocenters. The fourth-order valence-electron chi connectivity index (χ4n) is 2.11. The van der Waals surface area contributed by atoms with Gasteiger partial charge in [0.05, 0.1) is 6.54 Å². The van der Waals surface area contributed by atoms with E-state index in [2.05, 4.69) is 32.0 Å². The van der Waals surface area contributed by atoms with Crippen LogP contribution in [0.2, 0.25) is 0 Å². The second-order valence-electron chi connectivity index (χ2n) is 5.18. The van der Waals surface area contributed by atoms with Gasteiger partial charge in [0.2, 0.25) is 0 Å². The van der Waals surface area contributed by atoms with E-state index in [9.17, 15) is 4.79 Å². The van der Waals surface area contributed by atoms with E-state index in [4.69, 9.17) is 0 Å². The van der Waals surface area contributed by atoms with Crippen molar-refractivity contribution in [3.05, 3.63) is 57.8 Å². The van der Waals surface area contributed by atoms with E-state index in [1.807, 2.05) is 35.4 Å². The molecule has 2 nitrogen and oxygen atoms in total. The number of benzene rings is 1. The molecule has 1 amide bonds. The molecule has 1 aromatic heterocycles. The highest BCUT2D eigenvalue weighted by molar-refractivity contribution is 7.09. The summed E-state index contributed by atoms with van der Waals surface area (Å²) in [4.78, 5) is 15.6. The van der Waals surface area contributed by atoms with Crippen LogP contribution in [-0.2, 0) is 6.54 Å². The predicted octanol–water partition coefficient (Wildman–Crippen LogP) is 4.53. The summed E-state index contributed by atoms with van der Waals surface area (Å²) in [6, 6.07) is 12.1. The molecule has 0 bridgehead atoms. The Hall–Kier alpha value is -1.61. The first-order valence-electron chi connectivity index (χ1n) is 7.03. The molecule has 0 fully saturated rings. The maximum Gasteiger partial charge on any atom is 0.254 e. The van der Waals surface area contributed by atoms with Crippen LogP contribution in [0.15, 0.2) is 41.8 Å². The zero-order valence-electron chi connectivity index (χ0n) is 12.3. The highest BCUT2D eigenvalue weighted by Crippen LogP contribution is 2.17. The van der Waals surface area contributed by atoms with Crippen LogP contribution in [0.1, 0.15) is 47.5 Å². The van der Waals surface area contributed by atoms with E-state index in [1.54, 1.807) is 11.3 Å². The van der Waals surface area contributed by atoms with Gasteiger partial charge in [0.15, 0.2) is 0 Å². The molecular formula is C17H21NOS. The van der Waals surface area contributed by atoms with Gasteiger partial charge in [-0.25, -0.2) is 0 Å². The highest BCUT2D eigenvalue weighted by Gasteiger charge is 2.15. The molecule has 0 spiro atoms. The number of amides is 1. The van der Waals surface area contributed by atoms with Gasteiger partial charge in [-0.1, -0.05) is 32.0 Å². The summed E-state index contributed by atoms with van der Waals surface area (Å²) in [6.07, 6.45) is 0. The maximum absolute atomic E-state index is 12.5. The van der Waals surface area contributed by atoms with E-state index in [-0.39, 0.29) is 5.91 Å². The molecule has 0 N–H and O–H groups in total. The van der Waals surface area contributed by atoms with Crippen LogP contribution in [0.4, 0.5) is 0 Å². The molecule has 0 aliphatic heterocycles. The summed E-state index contributed by atoms with van der Waals surface area (Å²) in [7, 11) is 0. The zero-order valence-corrected chi connectivity index (χ0v) is 13.1. The van der Waals surface area contributed by atoms with Crippen molar-refractivity contribution in [3.8, 4) is 0 Å². The molecule has 0 saturated heterocycles. The Kier molecular flexibility index (Phi) is 4.96. The summed E-state index contributed by atoms with van der Waals surface area (Å²) in [6.45, 7) is 7.76. The standard InChI is InChI=1S/C17H21NOS/c1-4-18(12-16-6-5-11-20-16)17(19)15-9-7-14(8-10-15)13(2)3/h5-11,13H,4,12H2,1-3H3. The topological polar surface area (TPSA) is 20.3 Å². The number of carbonyl (C=O) groups is 1. The van der Waals surface area contributed by atoms with Crippen molar-refractivity contribution >= 4 is 17.2 Å². The Bertz CT molecular complexity index is 543. The van der Waals surface area contributed by atoms with E-state index >= 15 is 0 Å². The number of rotatable bonds is 5.